The summed E-state index contributed by atoms with van der Waals surface area (Å²) in [6.45, 7) is 10.7. The number of benzene rings is 2. The van der Waals surface area contributed by atoms with Gasteiger partial charge >= 0.3 is 11.9 Å². The summed E-state index contributed by atoms with van der Waals surface area (Å²) in [4.78, 5) is 55.7. The minimum Gasteiger partial charge on any atom is -0.490 e. The maximum absolute atomic E-state index is 14.3. The van der Waals surface area contributed by atoms with Crippen molar-refractivity contribution in [2.45, 2.75) is 47.6 Å². The summed E-state index contributed by atoms with van der Waals surface area (Å²) >= 11 is 1.18. The van der Waals surface area contributed by atoms with E-state index in [-0.39, 0.29) is 42.4 Å². The van der Waals surface area contributed by atoms with E-state index >= 15 is 0 Å². The minimum absolute atomic E-state index is 0.0168. The molecule has 0 radical (unpaired) electrons. The predicted octanol–water partition coefficient (Wildman–Crippen LogP) is 4.37. The minimum atomic E-state index is -0.910. The fourth-order valence-electron chi connectivity index (χ4n) is 5.79. The first-order valence-electron chi connectivity index (χ1n) is 15.5. The highest BCUT2D eigenvalue weighted by Gasteiger charge is 2.34. The number of rotatable bonds is 11. The molecule has 0 saturated carbocycles. The van der Waals surface area contributed by atoms with E-state index in [4.69, 9.17) is 14.2 Å². The van der Waals surface area contributed by atoms with Crippen LogP contribution in [0, 0.1) is 30.9 Å². The monoisotopic (exact) mass is 688 g/mol. The summed E-state index contributed by atoms with van der Waals surface area (Å²) in [6.07, 6.45) is 1.76. The molecule has 4 aromatic rings. The zero-order valence-corrected chi connectivity index (χ0v) is 29.0. The van der Waals surface area contributed by atoms with Crippen molar-refractivity contribution >= 4 is 35.0 Å². The highest BCUT2D eigenvalue weighted by atomic mass is 32.1. The zero-order chi connectivity index (χ0) is 35.6. The normalized spacial score (nSPS) is 14.3. The van der Waals surface area contributed by atoms with Crippen LogP contribution in [0.15, 0.2) is 63.5 Å². The number of nitro groups is 1. The molecule has 2 aromatic carbocycles. The van der Waals surface area contributed by atoms with Crippen molar-refractivity contribution in [3.63, 3.8) is 0 Å². The molecule has 0 fully saturated rings. The molecule has 14 heteroatoms. The number of methoxy groups -OCH3 is 1. The third kappa shape index (κ3) is 6.77. The largest absolute Gasteiger partial charge is 0.490 e. The number of carbonyl (C=O) groups excluding carboxylic acids is 2. The number of nitrogens with zero attached hydrogens (tertiary/aromatic N) is 4. The van der Waals surface area contributed by atoms with Gasteiger partial charge in [0.25, 0.3) is 11.2 Å². The van der Waals surface area contributed by atoms with Crippen molar-refractivity contribution in [3.8, 4) is 17.2 Å². The molecule has 5 rings (SSSR count). The Morgan fingerprint density at radius 1 is 1.02 bits per heavy atom. The third-order valence-corrected chi connectivity index (χ3v) is 9.06. The van der Waals surface area contributed by atoms with E-state index in [1.54, 1.807) is 58.0 Å². The summed E-state index contributed by atoms with van der Waals surface area (Å²) in [6, 6.07) is 11.0. The van der Waals surface area contributed by atoms with Crippen molar-refractivity contribution in [1.82, 2.24) is 9.13 Å². The Kier molecular flexibility index (Phi) is 10.2. The van der Waals surface area contributed by atoms with Crippen LogP contribution >= 0.6 is 11.3 Å². The first-order chi connectivity index (χ1) is 23.4. The summed E-state index contributed by atoms with van der Waals surface area (Å²) in [5.41, 5.74) is 4.33. The second-order valence-corrected chi connectivity index (χ2v) is 12.2. The molecular weight excluding hydrogens is 652 g/mol. The second kappa shape index (κ2) is 14.3. The average Bonchev–Trinajstić information content (AvgIpc) is 3.52. The van der Waals surface area contributed by atoms with E-state index in [0.29, 0.717) is 37.6 Å². The number of fused-ring (bicyclic) bond motifs is 1. The van der Waals surface area contributed by atoms with Crippen LogP contribution in [0.4, 0.5) is 5.69 Å². The highest BCUT2D eigenvalue weighted by molar-refractivity contribution is 7.07. The first-order valence-corrected chi connectivity index (χ1v) is 16.3. The molecule has 0 amide bonds. The fraction of sp³-hybridized carbons (Fsp3) is 0.314. The lowest BCUT2D eigenvalue weighted by Crippen LogP contribution is -2.40. The Hall–Kier alpha value is -5.50. The van der Waals surface area contributed by atoms with Crippen molar-refractivity contribution in [1.29, 1.82) is 0 Å². The van der Waals surface area contributed by atoms with Gasteiger partial charge in [0.05, 0.1) is 52.8 Å². The topological polar surface area (TPSA) is 153 Å². The maximum Gasteiger partial charge on any atom is 0.343 e. The number of nitro benzene ring substituents is 1. The number of ether oxygens (including phenoxy) is 4. The lowest BCUT2D eigenvalue weighted by molar-refractivity contribution is -0.385. The van der Waals surface area contributed by atoms with E-state index in [2.05, 4.69) is 9.73 Å². The van der Waals surface area contributed by atoms with E-state index < -0.39 is 22.9 Å². The highest BCUT2D eigenvalue weighted by Crippen LogP contribution is 2.36. The number of esters is 2. The molecule has 3 heterocycles. The summed E-state index contributed by atoms with van der Waals surface area (Å²) in [5.74, 6) is -0.575. The van der Waals surface area contributed by atoms with Crippen LogP contribution in [-0.4, -0.2) is 52.9 Å². The van der Waals surface area contributed by atoms with Crippen LogP contribution in [-0.2, 0) is 19.1 Å². The average molecular weight is 689 g/mol. The Bertz CT molecular complexity index is 2190. The Balaban J connectivity index is 1.66. The molecule has 0 saturated heterocycles. The van der Waals surface area contributed by atoms with Gasteiger partial charge < -0.3 is 23.5 Å². The number of carbonyl (C=O) groups is 2. The van der Waals surface area contributed by atoms with E-state index in [1.165, 1.54) is 29.1 Å². The van der Waals surface area contributed by atoms with Gasteiger partial charge in [-0.2, -0.15) is 0 Å². The summed E-state index contributed by atoms with van der Waals surface area (Å²) in [5, 5.41) is 11.6. The number of aryl methyl sites for hydroxylation is 2. The SMILES string of the molecule is CCOC(=O)C1=C(C)N=c2s/c(=C\c3cc(C)n(-c4ccc(C)c([N+](=O)[O-])c4)c3C)c(=O)n2[C@@H]1c1ccc(OCC(=O)OC)c(OCC)c1. The molecule has 0 bridgehead atoms. The molecule has 1 atom stereocenters. The number of hydrogen-bond donors (Lipinski definition) is 0. The molecule has 1 aliphatic rings. The van der Waals surface area contributed by atoms with Crippen molar-refractivity contribution < 1.29 is 33.5 Å². The molecule has 0 unspecified atom stereocenters. The standard InChI is InChI=1S/C35H36N4O9S/c1-8-46-28-15-23(11-13-27(28)48-18-30(40)45-7)32-31(34(42)47-9-2)21(5)36-35-38(32)33(41)29(49-35)16-24-14-20(4)37(22(24)6)25-12-10-19(3)26(17-25)39(43)44/h10-17,32H,8-9,18H2,1-7H3/b29-16-/t32-/m1/s1. The molecule has 13 nitrogen and oxygen atoms in total. The maximum atomic E-state index is 14.3. The van der Waals surface area contributed by atoms with E-state index in [9.17, 15) is 24.5 Å². The molecular formula is C35H36N4O9S. The summed E-state index contributed by atoms with van der Waals surface area (Å²) < 4.78 is 25.3. The van der Waals surface area contributed by atoms with Crippen molar-refractivity contribution in [3.05, 3.63) is 112 Å². The van der Waals surface area contributed by atoms with Gasteiger partial charge in [-0.15, -0.1) is 0 Å². The number of hydrogen-bond acceptors (Lipinski definition) is 11. The van der Waals surface area contributed by atoms with Crippen LogP contribution in [0.25, 0.3) is 11.8 Å². The van der Waals surface area contributed by atoms with Crippen LogP contribution in [0.5, 0.6) is 11.5 Å². The molecule has 0 aliphatic carbocycles. The van der Waals surface area contributed by atoms with E-state index in [0.717, 1.165) is 17.0 Å². The Morgan fingerprint density at radius 2 is 1.78 bits per heavy atom. The third-order valence-electron chi connectivity index (χ3n) is 8.08. The summed E-state index contributed by atoms with van der Waals surface area (Å²) in [7, 11) is 1.26. The van der Waals surface area contributed by atoms with Crippen LogP contribution in [0.3, 0.4) is 0 Å². The predicted molar refractivity (Wildman–Crippen MR) is 182 cm³/mol. The van der Waals surface area contributed by atoms with Gasteiger partial charge in [-0.1, -0.05) is 23.5 Å². The number of aromatic nitrogens is 2. The molecule has 256 valence electrons. The lowest BCUT2D eigenvalue weighted by atomic mass is 9.95. The fourth-order valence-corrected chi connectivity index (χ4v) is 6.83. The van der Waals surface area contributed by atoms with Gasteiger partial charge in [0.2, 0.25) is 0 Å². The van der Waals surface area contributed by atoms with Crippen LogP contribution < -0.4 is 24.4 Å². The van der Waals surface area contributed by atoms with Gasteiger partial charge in [-0.3, -0.25) is 19.5 Å². The number of thiazole rings is 1. The van der Waals surface area contributed by atoms with Crippen molar-refractivity contribution in [2.24, 2.45) is 4.99 Å². The smallest absolute Gasteiger partial charge is 0.343 e. The first kappa shape index (κ1) is 34.8. The molecule has 2 aromatic heterocycles. The van der Waals surface area contributed by atoms with Crippen LogP contribution in [0.1, 0.15) is 54.9 Å². The van der Waals surface area contributed by atoms with Crippen molar-refractivity contribution in [2.75, 3.05) is 26.9 Å². The van der Waals surface area contributed by atoms with Gasteiger partial charge in [-0.25, -0.2) is 14.6 Å². The quantitative estimate of drug-likeness (QED) is 0.127. The van der Waals surface area contributed by atoms with Crippen LogP contribution in [0.2, 0.25) is 0 Å². The second-order valence-electron chi connectivity index (χ2n) is 11.2. The number of allylic oxidation sites excluding steroid dienone is 1. The van der Waals surface area contributed by atoms with Gasteiger partial charge in [-0.05, 0) is 83.0 Å². The van der Waals surface area contributed by atoms with E-state index in [1.807, 2.05) is 30.5 Å². The van der Waals surface area contributed by atoms with Gasteiger partial charge in [0.1, 0.15) is 0 Å². The van der Waals surface area contributed by atoms with Gasteiger partial charge in [0.15, 0.2) is 22.9 Å². The Labute approximate surface area is 285 Å². The van der Waals surface area contributed by atoms with Gasteiger partial charge in [0, 0.05) is 23.0 Å². The zero-order valence-electron chi connectivity index (χ0n) is 28.2. The molecule has 49 heavy (non-hydrogen) atoms. The molecule has 1 aliphatic heterocycles. The molecule has 0 spiro atoms. The molecule has 0 N–H and O–H groups in total. The Morgan fingerprint density at radius 3 is 2.45 bits per heavy atom. The lowest BCUT2D eigenvalue weighted by Gasteiger charge is -2.25.